The number of benzene rings is 1. The van der Waals surface area contributed by atoms with E-state index >= 15 is 0 Å². The van der Waals surface area contributed by atoms with Crippen LogP contribution in [-0.2, 0) is 4.74 Å². The van der Waals surface area contributed by atoms with Crippen LogP contribution in [0.4, 0.5) is 0 Å². The highest BCUT2D eigenvalue weighted by atomic mass is 16.5. The molecule has 142 valence electrons. The van der Waals surface area contributed by atoms with Gasteiger partial charge in [-0.1, -0.05) is 0 Å². The van der Waals surface area contributed by atoms with Crippen molar-refractivity contribution >= 4 is 16.8 Å². The van der Waals surface area contributed by atoms with Crippen molar-refractivity contribution in [2.45, 2.75) is 25.3 Å². The van der Waals surface area contributed by atoms with E-state index in [9.17, 15) is 4.79 Å². The lowest BCUT2D eigenvalue weighted by Crippen LogP contribution is -2.47. The maximum Gasteiger partial charge on any atom is 0.270 e. The van der Waals surface area contributed by atoms with Crippen molar-refractivity contribution in [2.75, 3.05) is 47.5 Å². The number of rotatable bonds is 7. The molecular formula is C20H29N3O3. The summed E-state index contributed by atoms with van der Waals surface area (Å²) < 4.78 is 10.5. The molecule has 0 radical (unpaired) electrons. The van der Waals surface area contributed by atoms with Crippen LogP contribution in [0.3, 0.4) is 0 Å². The van der Waals surface area contributed by atoms with Crippen molar-refractivity contribution in [2.24, 2.45) is 0 Å². The molecule has 6 heteroatoms. The Hall–Kier alpha value is -2.05. The summed E-state index contributed by atoms with van der Waals surface area (Å²) in [6.45, 7) is 3.45. The van der Waals surface area contributed by atoms with Crippen molar-refractivity contribution in [3.05, 3.63) is 30.0 Å². The molecule has 3 rings (SSSR count). The number of ether oxygens (including phenoxy) is 2. The number of carbonyl (C=O) groups excluding carboxylic acids is 1. The highest BCUT2D eigenvalue weighted by Crippen LogP contribution is 2.24. The largest absolute Gasteiger partial charge is 0.497 e. The molecule has 1 N–H and O–H groups in total. The van der Waals surface area contributed by atoms with Crippen molar-refractivity contribution in [3.8, 4) is 5.75 Å². The normalized spacial score (nSPS) is 16.1. The average molecular weight is 359 g/mol. The van der Waals surface area contributed by atoms with Gasteiger partial charge in [-0.2, -0.15) is 0 Å². The van der Waals surface area contributed by atoms with Crippen LogP contribution in [0.2, 0.25) is 0 Å². The second kappa shape index (κ2) is 8.56. The zero-order valence-electron chi connectivity index (χ0n) is 16.0. The molecule has 1 aromatic carbocycles. The van der Waals surface area contributed by atoms with Gasteiger partial charge < -0.3 is 24.3 Å². The molecule has 1 amide bonds. The standard InChI is InChI=1S/C20H29N3O3/c1-22-10-7-16(8-11-22)23(9-4-12-25-2)20(24)19-14-15-13-17(26-3)5-6-18(15)21-19/h5-6,13-14,16,21H,4,7-12H2,1-3H3. The van der Waals surface area contributed by atoms with Gasteiger partial charge in [0.2, 0.25) is 0 Å². The van der Waals surface area contributed by atoms with Crippen molar-refractivity contribution in [3.63, 3.8) is 0 Å². The monoisotopic (exact) mass is 359 g/mol. The Kier molecular flexibility index (Phi) is 6.16. The van der Waals surface area contributed by atoms with Crippen LogP contribution in [0.5, 0.6) is 5.75 Å². The molecule has 1 aliphatic heterocycles. The summed E-state index contributed by atoms with van der Waals surface area (Å²) >= 11 is 0. The lowest BCUT2D eigenvalue weighted by atomic mass is 10.0. The molecule has 6 nitrogen and oxygen atoms in total. The molecule has 2 aromatic rings. The number of nitrogens with one attached hydrogen (secondary N) is 1. The smallest absolute Gasteiger partial charge is 0.270 e. The molecule has 2 heterocycles. The van der Waals surface area contributed by atoms with Crippen LogP contribution in [0.25, 0.3) is 10.9 Å². The SMILES string of the molecule is COCCCN(C(=O)c1cc2cc(OC)ccc2[nH]1)C1CCN(C)CC1. The minimum atomic E-state index is 0.0748. The Morgan fingerprint density at radius 3 is 2.73 bits per heavy atom. The number of aromatic amines is 1. The number of methoxy groups -OCH3 is 2. The number of nitrogens with zero attached hydrogens (tertiary/aromatic N) is 2. The zero-order valence-corrected chi connectivity index (χ0v) is 16.0. The number of piperidine rings is 1. The van der Waals surface area contributed by atoms with E-state index in [0.29, 0.717) is 12.3 Å². The lowest BCUT2D eigenvalue weighted by Gasteiger charge is -2.37. The second-order valence-corrected chi connectivity index (χ2v) is 7.02. The Morgan fingerprint density at radius 2 is 2.04 bits per heavy atom. The maximum atomic E-state index is 13.3. The summed E-state index contributed by atoms with van der Waals surface area (Å²) in [6, 6.07) is 8.03. The Bertz CT molecular complexity index is 735. The van der Waals surface area contributed by atoms with Gasteiger partial charge in [0, 0.05) is 37.2 Å². The molecule has 0 bridgehead atoms. The first-order valence-electron chi connectivity index (χ1n) is 9.27. The first kappa shape index (κ1) is 18.7. The Balaban J connectivity index is 1.81. The molecule has 0 spiro atoms. The Labute approximate surface area is 155 Å². The van der Waals surface area contributed by atoms with Gasteiger partial charge >= 0.3 is 0 Å². The Morgan fingerprint density at radius 1 is 1.27 bits per heavy atom. The van der Waals surface area contributed by atoms with Gasteiger partial charge in [0.15, 0.2) is 0 Å². The average Bonchev–Trinajstić information content (AvgIpc) is 3.09. The number of carbonyl (C=O) groups is 1. The third kappa shape index (κ3) is 4.19. The predicted octanol–water partition coefficient (Wildman–Crippen LogP) is 2.75. The number of amides is 1. The van der Waals surface area contributed by atoms with Gasteiger partial charge in [0.1, 0.15) is 11.4 Å². The van der Waals surface area contributed by atoms with Crippen molar-refractivity contribution in [1.29, 1.82) is 0 Å². The minimum absolute atomic E-state index is 0.0748. The van der Waals surface area contributed by atoms with E-state index in [4.69, 9.17) is 9.47 Å². The van der Waals surface area contributed by atoms with Gasteiger partial charge in [-0.3, -0.25) is 4.79 Å². The van der Waals surface area contributed by atoms with Gasteiger partial charge in [-0.05, 0) is 63.7 Å². The predicted molar refractivity (Wildman–Crippen MR) is 103 cm³/mol. The zero-order chi connectivity index (χ0) is 18.5. The number of likely N-dealkylation sites (tertiary alicyclic amines) is 1. The van der Waals surface area contributed by atoms with Crippen LogP contribution >= 0.6 is 0 Å². The fourth-order valence-electron chi connectivity index (χ4n) is 3.64. The molecule has 0 unspecified atom stereocenters. The molecule has 1 fully saturated rings. The van der Waals surface area contributed by atoms with Gasteiger partial charge in [-0.15, -0.1) is 0 Å². The molecule has 0 saturated carbocycles. The van der Waals surface area contributed by atoms with E-state index in [1.54, 1.807) is 14.2 Å². The van der Waals surface area contributed by atoms with E-state index in [1.165, 1.54) is 0 Å². The van der Waals surface area contributed by atoms with Crippen molar-refractivity contribution < 1.29 is 14.3 Å². The summed E-state index contributed by atoms with van der Waals surface area (Å²) in [7, 11) is 5.49. The number of aromatic nitrogens is 1. The second-order valence-electron chi connectivity index (χ2n) is 7.02. The summed E-state index contributed by atoms with van der Waals surface area (Å²) in [6.07, 6.45) is 2.88. The molecule has 0 atom stereocenters. The van der Waals surface area contributed by atoms with Gasteiger partial charge in [-0.25, -0.2) is 0 Å². The van der Waals surface area contributed by atoms with Crippen LogP contribution in [0.1, 0.15) is 29.8 Å². The maximum absolute atomic E-state index is 13.3. The molecule has 26 heavy (non-hydrogen) atoms. The first-order chi connectivity index (χ1) is 12.6. The molecular weight excluding hydrogens is 330 g/mol. The van der Waals surface area contributed by atoms with Crippen LogP contribution in [0, 0.1) is 0 Å². The first-order valence-corrected chi connectivity index (χ1v) is 9.27. The summed E-state index contributed by atoms with van der Waals surface area (Å²) in [5, 5.41) is 0.993. The topological polar surface area (TPSA) is 57.8 Å². The van der Waals surface area contributed by atoms with E-state index in [0.717, 1.165) is 55.5 Å². The highest BCUT2D eigenvalue weighted by molar-refractivity contribution is 5.98. The van der Waals surface area contributed by atoms with E-state index in [1.807, 2.05) is 29.2 Å². The summed E-state index contributed by atoms with van der Waals surface area (Å²) in [5.74, 6) is 0.869. The molecule has 0 aliphatic carbocycles. The van der Waals surface area contributed by atoms with Crippen LogP contribution < -0.4 is 4.74 Å². The molecule has 1 aromatic heterocycles. The summed E-state index contributed by atoms with van der Waals surface area (Å²) in [4.78, 5) is 20.9. The van der Waals surface area contributed by atoms with Gasteiger partial charge in [0.25, 0.3) is 5.91 Å². The fraction of sp³-hybridized carbons (Fsp3) is 0.550. The summed E-state index contributed by atoms with van der Waals surface area (Å²) in [5.41, 5.74) is 1.60. The third-order valence-electron chi connectivity index (χ3n) is 5.20. The number of hydrogen-bond donors (Lipinski definition) is 1. The quantitative estimate of drug-likeness (QED) is 0.773. The number of fused-ring (bicyclic) bond motifs is 1. The van der Waals surface area contributed by atoms with E-state index in [2.05, 4.69) is 16.9 Å². The highest BCUT2D eigenvalue weighted by Gasteiger charge is 2.28. The third-order valence-corrected chi connectivity index (χ3v) is 5.20. The lowest BCUT2D eigenvalue weighted by molar-refractivity contribution is 0.0559. The van der Waals surface area contributed by atoms with Gasteiger partial charge in [0.05, 0.1) is 7.11 Å². The number of H-pyrrole nitrogens is 1. The molecule has 1 aliphatic rings. The molecule has 1 saturated heterocycles. The van der Waals surface area contributed by atoms with Crippen molar-refractivity contribution in [1.82, 2.24) is 14.8 Å². The van der Waals surface area contributed by atoms with E-state index in [-0.39, 0.29) is 11.9 Å². The minimum Gasteiger partial charge on any atom is -0.497 e. The fourth-order valence-corrected chi connectivity index (χ4v) is 3.64. The number of hydrogen-bond acceptors (Lipinski definition) is 4. The van der Waals surface area contributed by atoms with Crippen LogP contribution in [-0.4, -0.2) is 74.2 Å². The van der Waals surface area contributed by atoms with E-state index < -0.39 is 0 Å². The van der Waals surface area contributed by atoms with Crippen LogP contribution in [0.15, 0.2) is 24.3 Å².